The lowest BCUT2D eigenvalue weighted by atomic mass is 9.86. The average Bonchev–Trinajstić information content (AvgIpc) is 2.69. The Labute approximate surface area is 188 Å². The predicted octanol–water partition coefficient (Wildman–Crippen LogP) is -0.789. The van der Waals surface area contributed by atoms with E-state index in [1.54, 1.807) is 0 Å². The minimum absolute atomic E-state index is 0.328. The van der Waals surface area contributed by atoms with E-state index in [0.29, 0.717) is 0 Å². The van der Waals surface area contributed by atoms with E-state index in [-0.39, 0.29) is 6.61 Å². The Balaban J connectivity index is 3.57. The fraction of sp³-hybridized carbons (Fsp3) is 0.737. The number of nitrogens with two attached hydrogens (primary N) is 1. The number of halogens is 2. The Morgan fingerprint density at radius 3 is 2.06 bits per heavy atom. The molecule has 1 fully saturated rings. The predicted molar refractivity (Wildman–Crippen MR) is 104 cm³/mol. The number of ether oxygens (including phenoxy) is 5. The first-order valence-corrected chi connectivity index (χ1v) is 9.93. The molecule has 1 rings (SSSR count). The lowest BCUT2D eigenvalue weighted by Crippen LogP contribution is -2.74. The van der Waals surface area contributed by atoms with E-state index in [2.05, 4.69) is 10.1 Å². The molecule has 0 saturated carbocycles. The Bertz CT molecular complexity index is 767. The van der Waals surface area contributed by atoms with Crippen molar-refractivity contribution < 1.29 is 56.4 Å². The van der Waals surface area contributed by atoms with Crippen molar-refractivity contribution in [2.45, 2.75) is 77.0 Å². The van der Waals surface area contributed by atoms with Gasteiger partial charge in [0.1, 0.15) is 12.7 Å². The highest BCUT2D eigenvalue weighted by molar-refractivity contribution is 5.79. The summed E-state index contributed by atoms with van der Waals surface area (Å²) in [5.74, 6) is -8.95. The normalized spacial score (nSPS) is 28.6. The number of rotatable bonds is 9. The molecule has 0 spiro atoms. The van der Waals surface area contributed by atoms with Gasteiger partial charge < -0.3 is 34.7 Å². The van der Waals surface area contributed by atoms with Crippen LogP contribution in [0.15, 0.2) is 0 Å². The summed E-state index contributed by atoms with van der Waals surface area (Å²) < 4.78 is 55.1. The highest BCUT2D eigenvalue weighted by Crippen LogP contribution is 2.37. The van der Waals surface area contributed by atoms with E-state index in [1.165, 1.54) is 6.92 Å². The molecule has 1 aliphatic rings. The molecule has 0 aliphatic carbocycles. The van der Waals surface area contributed by atoms with Crippen molar-refractivity contribution in [2.24, 2.45) is 5.73 Å². The Kier molecular flexibility index (Phi) is 10.1. The quantitative estimate of drug-likeness (QED) is 0.312. The van der Waals surface area contributed by atoms with Crippen molar-refractivity contribution in [2.75, 3.05) is 13.2 Å². The largest absolute Gasteiger partial charge is 0.462 e. The van der Waals surface area contributed by atoms with Gasteiger partial charge in [0.15, 0.2) is 18.4 Å². The molecule has 33 heavy (non-hydrogen) atoms. The summed E-state index contributed by atoms with van der Waals surface area (Å²) in [4.78, 5) is 58.6. The zero-order valence-corrected chi connectivity index (χ0v) is 18.8. The zero-order valence-electron chi connectivity index (χ0n) is 18.8. The molecule has 1 saturated heterocycles. The summed E-state index contributed by atoms with van der Waals surface area (Å²) in [7, 11) is 0. The fourth-order valence-electron chi connectivity index (χ4n) is 3.21. The standard InChI is InChI=1S/C19H28F2N2O10/c1-6-29-18(28)19(21)17(20)13(22)14(23-8(2)24)16(33-19)15(32-11(5)27)12(31-10(4)26)7-30-9(3)25/h12-17H,6-7,22H2,1-5H3,(H,23,24)/t12-,13?,14-,15-,16?,17?,19-/m1/s1. The van der Waals surface area contributed by atoms with Crippen molar-refractivity contribution in [1.29, 1.82) is 0 Å². The minimum Gasteiger partial charge on any atom is -0.462 e. The van der Waals surface area contributed by atoms with Gasteiger partial charge in [0, 0.05) is 27.7 Å². The van der Waals surface area contributed by atoms with Gasteiger partial charge in [-0.1, -0.05) is 0 Å². The molecule has 7 atom stereocenters. The maximum atomic E-state index is 15.5. The Morgan fingerprint density at radius 2 is 1.61 bits per heavy atom. The molecular formula is C19H28F2N2O10. The monoisotopic (exact) mass is 482 g/mol. The van der Waals surface area contributed by atoms with Crippen LogP contribution in [-0.2, 0) is 47.7 Å². The molecule has 1 amide bonds. The average molecular weight is 482 g/mol. The van der Waals surface area contributed by atoms with Crippen LogP contribution < -0.4 is 11.1 Å². The van der Waals surface area contributed by atoms with Crippen molar-refractivity contribution in [3.8, 4) is 0 Å². The van der Waals surface area contributed by atoms with Crippen LogP contribution in [0.2, 0.25) is 0 Å². The number of esters is 4. The fourth-order valence-corrected chi connectivity index (χ4v) is 3.21. The van der Waals surface area contributed by atoms with Crippen LogP contribution >= 0.6 is 0 Å². The second-order valence-electron chi connectivity index (χ2n) is 7.18. The number of hydrogen-bond donors (Lipinski definition) is 2. The third kappa shape index (κ3) is 7.32. The number of alkyl halides is 2. The summed E-state index contributed by atoms with van der Waals surface area (Å²) in [6.07, 6.45) is -8.09. The number of amides is 1. The van der Waals surface area contributed by atoms with E-state index in [0.717, 1.165) is 27.7 Å². The Hall–Kier alpha value is -2.87. The molecule has 0 aromatic rings. The van der Waals surface area contributed by atoms with Gasteiger partial charge in [0.2, 0.25) is 5.91 Å². The molecule has 0 radical (unpaired) electrons. The number of carbonyl (C=O) groups excluding carboxylic acids is 5. The number of hydrogen-bond acceptors (Lipinski definition) is 11. The molecule has 0 aromatic carbocycles. The molecule has 3 unspecified atom stereocenters. The molecule has 0 bridgehead atoms. The van der Waals surface area contributed by atoms with E-state index in [4.69, 9.17) is 24.7 Å². The third-order valence-electron chi connectivity index (χ3n) is 4.45. The smallest absolute Gasteiger partial charge is 0.375 e. The topological polar surface area (TPSA) is 170 Å². The van der Waals surface area contributed by atoms with Gasteiger partial charge in [-0.25, -0.2) is 9.18 Å². The molecule has 0 aromatic heterocycles. The number of carbonyl (C=O) groups is 5. The second kappa shape index (κ2) is 11.8. The van der Waals surface area contributed by atoms with Crippen molar-refractivity contribution >= 4 is 29.8 Å². The van der Waals surface area contributed by atoms with Crippen molar-refractivity contribution in [3.05, 3.63) is 0 Å². The summed E-state index contributed by atoms with van der Waals surface area (Å²) in [6.45, 7) is 4.35. The Morgan fingerprint density at radius 1 is 1.03 bits per heavy atom. The first kappa shape index (κ1) is 28.2. The lowest BCUT2D eigenvalue weighted by Gasteiger charge is -2.47. The van der Waals surface area contributed by atoms with Crippen LogP contribution in [0, 0.1) is 0 Å². The van der Waals surface area contributed by atoms with Gasteiger partial charge >= 0.3 is 29.7 Å². The molecular weight excluding hydrogens is 454 g/mol. The van der Waals surface area contributed by atoms with E-state index < -0.39 is 78.8 Å². The second-order valence-corrected chi connectivity index (χ2v) is 7.18. The van der Waals surface area contributed by atoms with Crippen molar-refractivity contribution in [1.82, 2.24) is 5.32 Å². The maximum Gasteiger partial charge on any atom is 0.375 e. The van der Waals surface area contributed by atoms with Gasteiger partial charge in [-0.05, 0) is 6.92 Å². The molecule has 3 N–H and O–H groups in total. The van der Waals surface area contributed by atoms with Crippen molar-refractivity contribution in [3.63, 3.8) is 0 Å². The van der Waals surface area contributed by atoms with Gasteiger partial charge in [-0.15, -0.1) is 0 Å². The van der Waals surface area contributed by atoms with Gasteiger partial charge in [0.25, 0.3) is 0 Å². The van der Waals surface area contributed by atoms with Gasteiger partial charge in [-0.2, -0.15) is 4.39 Å². The maximum absolute atomic E-state index is 15.5. The summed E-state index contributed by atoms with van der Waals surface area (Å²) >= 11 is 0. The molecule has 12 nitrogen and oxygen atoms in total. The van der Waals surface area contributed by atoms with Crippen LogP contribution in [0.5, 0.6) is 0 Å². The van der Waals surface area contributed by atoms with Crippen LogP contribution in [0.3, 0.4) is 0 Å². The van der Waals surface area contributed by atoms with E-state index in [1.807, 2.05) is 0 Å². The summed E-state index contributed by atoms with van der Waals surface area (Å²) in [6, 6.07) is -3.47. The SMILES string of the molecule is CCOC(=O)[C@]1(F)OC([C@H](OC(C)=O)[C@@H](COC(C)=O)OC(C)=O)[C@H](NC(C)=O)C(N)C1F. The van der Waals surface area contributed by atoms with Crippen LogP contribution in [0.4, 0.5) is 8.78 Å². The molecule has 188 valence electrons. The van der Waals surface area contributed by atoms with Crippen LogP contribution in [-0.4, -0.2) is 85.4 Å². The van der Waals surface area contributed by atoms with E-state index in [9.17, 15) is 28.4 Å². The highest BCUT2D eigenvalue weighted by Gasteiger charge is 2.63. The van der Waals surface area contributed by atoms with Crippen LogP contribution in [0.1, 0.15) is 34.6 Å². The summed E-state index contributed by atoms with van der Waals surface area (Å²) in [5.41, 5.74) is 5.81. The third-order valence-corrected chi connectivity index (χ3v) is 4.45. The zero-order chi connectivity index (χ0) is 25.5. The molecule has 1 heterocycles. The van der Waals surface area contributed by atoms with Gasteiger partial charge in [-0.3, -0.25) is 19.2 Å². The minimum atomic E-state index is -3.75. The van der Waals surface area contributed by atoms with Gasteiger partial charge in [0.05, 0.1) is 18.7 Å². The first-order chi connectivity index (χ1) is 15.2. The molecule has 14 heteroatoms. The molecule has 1 aliphatic heterocycles. The lowest BCUT2D eigenvalue weighted by molar-refractivity contribution is -0.281. The summed E-state index contributed by atoms with van der Waals surface area (Å²) in [5, 5.41) is 2.26. The van der Waals surface area contributed by atoms with Crippen LogP contribution in [0.25, 0.3) is 0 Å². The first-order valence-electron chi connectivity index (χ1n) is 9.93. The number of nitrogens with one attached hydrogen (secondary N) is 1. The van der Waals surface area contributed by atoms with E-state index >= 15 is 4.39 Å². The highest BCUT2D eigenvalue weighted by atomic mass is 19.2.